The third-order valence-electron chi connectivity index (χ3n) is 2.75. The Bertz CT molecular complexity index is 411. The zero-order valence-electron chi connectivity index (χ0n) is 10.3. The molecule has 104 valence electrons. The number of hydrogen-bond acceptors (Lipinski definition) is 5. The summed E-state index contributed by atoms with van der Waals surface area (Å²) in [5.74, 6) is -0.509. The number of carbonyl (C=O) groups is 2. The first-order chi connectivity index (χ1) is 8.28. The van der Waals surface area contributed by atoms with Gasteiger partial charge >= 0.3 is 0 Å². The molecule has 2 unspecified atom stereocenters. The average Bonchev–Trinajstić information content (AvgIpc) is 2.28. The van der Waals surface area contributed by atoms with E-state index < -0.39 is 15.9 Å². The minimum Gasteiger partial charge on any atom is -0.354 e. The van der Waals surface area contributed by atoms with Crippen LogP contribution in [0.4, 0.5) is 0 Å². The van der Waals surface area contributed by atoms with Crippen LogP contribution in [-0.2, 0) is 19.4 Å². The molecule has 0 aliphatic carbocycles. The molecule has 1 aliphatic rings. The molecule has 0 bridgehead atoms. The maximum atomic E-state index is 11.7. The summed E-state index contributed by atoms with van der Waals surface area (Å²) in [6.45, 7) is 0.392. The summed E-state index contributed by atoms with van der Waals surface area (Å²) in [5.41, 5.74) is 5.61. The van der Waals surface area contributed by atoms with Crippen LogP contribution < -0.4 is 16.4 Å². The van der Waals surface area contributed by atoms with Crippen LogP contribution in [0.15, 0.2) is 0 Å². The molecule has 0 aromatic heterocycles. The Morgan fingerprint density at radius 2 is 2.28 bits per heavy atom. The third-order valence-corrected chi connectivity index (χ3v) is 3.73. The van der Waals surface area contributed by atoms with E-state index in [0.29, 0.717) is 19.4 Å². The summed E-state index contributed by atoms with van der Waals surface area (Å²) in [4.78, 5) is 22.6. The van der Waals surface area contributed by atoms with Gasteiger partial charge in [-0.2, -0.15) is 0 Å². The molecule has 1 aliphatic heterocycles. The average molecular weight is 277 g/mol. The van der Waals surface area contributed by atoms with Crippen molar-refractivity contribution >= 4 is 21.7 Å². The number of carbonyl (C=O) groups excluding carboxylic acids is 2. The molecule has 1 heterocycles. The molecule has 1 fully saturated rings. The summed E-state index contributed by atoms with van der Waals surface area (Å²) < 4.78 is 21.9. The first-order valence-electron chi connectivity index (χ1n) is 5.78. The van der Waals surface area contributed by atoms with E-state index in [4.69, 9.17) is 5.73 Å². The van der Waals surface area contributed by atoms with E-state index in [9.17, 15) is 18.0 Å². The van der Waals surface area contributed by atoms with Gasteiger partial charge in [0.15, 0.2) is 0 Å². The molecule has 2 atom stereocenters. The van der Waals surface area contributed by atoms with Crippen molar-refractivity contribution in [2.24, 2.45) is 5.73 Å². The molecule has 0 radical (unpaired) electrons. The van der Waals surface area contributed by atoms with Gasteiger partial charge in [-0.15, -0.1) is 0 Å². The summed E-state index contributed by atoms with van der Waals surface area (Å²) in [6.07, 6.45) is 2.16. The Kier molecular flexibility index (Phi) is 5.09. The molecule has 0 saturated carbocycles. The van der Waals surface area contributed by atoms with Crippen LogP contribution in [0, 0.1) is 0 Å². The summed E-state index contributed by atoms with van der Waals surface area (Å²) in [6, 6.07) is -0.961. The van der Waals surface area contributed by atoms with Crippen molar-refractivity contribution in [2.45, 2.75) is 31.3 Å². The maximum absolute atomic E-state index is 11.7. The molecule has 18 heavy (non-hydrogen) atoms. The van der Waals surface area contributed by atoms with E-state index >= 15 is 0 Å². The predicted molar refractivity (Wildman–Crippen MR) is 66.5 cm³/mol. The van der Waals surface area contributed by atoms with E-state index in [0.717, 1.165) is 6.26 Å². The monoisotopic (exact) mass is 277 g/mol. The Morgan fingerprint density at radius 1 is 1.61 bits per heavy atom. The van der Waals surface area contributed by atoms with Crippen molar-refractivity contribution in [3.63, 3.8) is 0 Å². The number of hydrogen-bond donors (Lipinski definition) is 3. The number of sulfone groups is 1. The maximum Gasteiger partial charge on any atom is 0.237 e. The lowest BCUT2D eigenvalue weighted by Gasteiger charge is -2.24. The molecule has 1 rings (SSSR count). The van der Waals surface area contributed by atoms with Crippen molar-refractivity contribution in [3.05, 3.63) is 0 Å². The highest BCUT2D eigenvalue weighted by Gasteiger charge is 2.22. The Labute approximate surface area is 106 Å². The highest BCUT2D eigenvalue weighted by molar-refractivity contribution is 7.90. The Balaban J connectivity index is 2.33. The Morgan fingerprint density at radius 3 is 2.78 bits per heavy atom. The summed E-state index contributed by atoms with van der Waals surface area (Å²) in [5, 5.41) is 5.34. The van der Waals surface area contributed by atoms with E-state index in [1.165, 1.54) is 0 Å². The van der Waals surface area contributed by atoms with Gasteiger partial charge in [0.25, 0.3) is 0 Å². The summed E-state index contributed by atoms with van der Waals surface area (Å²) >= 11 is 0. The lowest BCUT2D eigenvalue weighted by molar-refractivity contribution is -0.126. The highest BCUT2D eigenvalue weighted by Crippen LogP contribution is 2.03. The first kappa shape index (κ1) is 14.9. The number of rotatable bonds is 5. The molecule has 8 heteroatoms. The number of nitrogens with two attached hydrogens (primary N) is 1. The van der Waals surface area contributed by atoms with Gasteiger partial charge in [0.2, 0.25) is 11.8 Å². The SMILES string of the molecule is CS(=O)(=O)CCC(N)C(=O)NC1CCC(=O)NC1. The fourth-order valence-corrected chi connectivity index (χ4v) is 2.32. The van der Waals surface area contributed by atoms with Crippen LogP contribution in [0.3, 0.4) is 0 Å². The second-order valence-corrected chi connectivity index (χ2v) is 6.83. The van der Waals surface area contributed by atoms with Crippen molar-refractivity contribution < 1.29 is 18.0 Å². The fourth-order valence-electron chi connectivity index (χ4n) is 1.64. The second-order valence-electron chi connectivity index (χ2n) is 4.57. The smallest absolute Gasteiger partial charge is 0.237 e. The van der Waals surface area contributed by atoms with Crippen molar-refractivity contribution in [1.29, 1.82) is 0 Å². The summed E-state index contributed by atoms with van der Waals surface area (Å²) in [7, 11) is -3.11. The normalized spacial score (nSPS) is 22.1. The number of piperidine rings is 1. The van der Waals surface area contributed by atoms with Crippen LogP contribution in [0.1, 0.15) is 19.3 Å². The standard InChI is InChI=1S/C10H19N3O4S/c1-18(16,17)5-4-8(11)10(15)13-7-2-3-9(14)12-6-7/h7-8H,2-6,11H2,1H3,(H,12,14)(H,13,15). The van der Waals surface area contributed by atoms with Crippen LogP contribution in [0.2, 0.25) is 0 Å². The molecule has 2 amide bonds. The zero-order valence-corrected chi connectivity index (χ0v) is 11.1. The minimum absolute atomic E-state index is 0.0260. The molecular weight excluding hydrogens is 258 g/mol. The van der Waals surface area contributed by atoms with E-state index in [1.54, 1.807) is 0 Å². The molecule has 7 nitrogen and oxygen atoms in total. The predicted octanol–water partition coefficient (Wildman–Crippen LogP) is -1.86. The largest absolute Gasteiger partial charge is 0.354 e. The van der Waals surface area contributed by atoms with Crippen LogP contribution in [0.5, 0.6) is 0 Å². The minimum atomic E-state index is -3.11. The van der Waals surface area contributed by atoms with Gasteiger partial charge in [-0.05, 0) is 12.8 Å². The van der Waals surface area contributed by atoms with Crippen molar-refractivity contribution in [1.82, 2.24) is 10.6 Å². The van der Waals surface area contributed by atoms with Crippen LogP contribution >= 0.6 is 0 Å². The molecule has 0 spiro atoms. The van der Waals surface area contributed by atoms with Gasteiger partial charge in [0, 0.05) is 25.3 Å². The second kappa shape index (κ2) is 6.14. The molecular formula is C10H19N3O4S. The zero-order chi connectivity index (χ0) is 13.8. The van der Waals surface area contributed by atoms with Gasteiger partial charge < -0.3 is 16.4 Å². The first-order valence-corrected chi connectivity index (χ1v) is 7.84. The van der Waals surface area contributed by atoms with E-state index in [2.05, 4.69) is 10.6 Å². The molecule has 1 saturated heterocycles. The Hall–Kier alpha value is -1.15. The van der Waals surface area contributed by atoms with Gasteiger partial charge in [-0.3, -0.25) is 9.59 Å². The highest BCUT2D eigenvalue weighted by atomic mass is 32.2. The fraction of sp³-hybridized carbons (Fsp3) is 0.800. The van der Waals surface area contributed by atoms with Gasteiger partial charge in [-0.1, -0.05) is 0 Å². The number of nitrogens with one attached hydrogen (secondary N) is 2. The molecule has 0 aromatic carbocycles. The quantitative estimate of drug-likeness (QED) is 0.545. The van der Waals surface area contributed by atoms with E-state index in [1.807, 2.05) is 0 Å². The van der Waals surface area contributed by atoms with Gasteiger partial charge in [-0.25, -0.2) is 8.42 Å². The van der Waals surface area contributed by atoms with Crippen LogP contribution in [0.25, 0.3) is 0 Å². The molecule has 0 aromatic rings. The van der Waals surface area contributed by atoms with Gasteiger partial charge in [0.1, 0.15) is 9.84 Å². The number of amides is 2. The lowest BCUT2D eigenvalue weighted by Crippen LogP contribution is -2.52. The van der Waals surface area contributed by atoms with Crippen LogP contribution in [-0.4, -0.2) is 50.9 Å². The lowest BCUT2D eigenvalue weighted by atomic mass is 10.1. The third kappa shape index (κ3) is 5.46. The van der Waals surface area contributed by atoms with Gasteiger partial charge in [0.05, 0.1) is 11.8 Å². The van der Waals surface area contributed by atoms with E-state index in [-0.39, 0.29) is 30.0 Å². The molecule has 4 N–H and O–H groups in total. The van der Waals surface area contributed by atoms with Crippen molar-refractivity contribution in [2.75, 3.05) is 18.6 Å². The topological polar surface area (TPSA) is 118 Å². The van der Waals surface area contributed by atoms with Crippen molar-refractivity contribution in [3.8, 4) is 0 Å².